The van der Waals surface area contributed by atoms with E-state index in [0.717, 1.165) is 50.8 Å². The van der Waals surface area contributed by atoms with Crippen molar-refractivity contribution in [1.82, 2.24) is 19.6 Å². The van der Waals surface area contributed by atoms with Gasteiger partial charge in [0.25, 0.3) is 5.91 Å². The molecule has 3 heterocycles. The van der Waals surface area contributed by atoms with Gasteiger partial charge in [-0.05, 0) is 76.3 Å². The Kier molecular flexibility index (Phi) is 6.52. The average Bonchev–Trinajstić information content (AvgIpc) is 3.45. The summed E-state index contributed by atoms with van der Waals surface area (Å²) >= 11 is 0. The third-order valence-electron chi connectivity index (χ3n) is 7.44. The van der Waals surface area contributed by atoms with Crippen molar-refractivity contribution in [2.45, 2.75) is 69.8 Å². The molecule has 0 bridgehead atoms. The molecule has 190 valence electrons. The number of aromatic nitrogens is 2. The molecule has 1 unspecified atom stereocenters. The molecule has 0 radical (unpaired) electrons. The van der Waals surface area contributed by atoms with E-state index in [1.54, 1.807) is 4.68 Å². The molecule has 3 aliphatic rings. The number of likely N-dealkylation sites (tertiary alicyclic amines) is 2. The Bertz CT molecular complexity index is 1060. The van der Waals surface area contributed by atoms with E-state index in [1.165, 1.54) is 24.3 Å². The number of halogens is 3. The van der Waals surface area contributed by atoms with Crippen LogP contribution in [0.5, 0.6) is 5.75 Å². The van der Waals surface area contributed by atoms with Crippen molar-refractivity contribution in [2.24, 2.45) is 0 Å². The zero-order chi connectivity index (χ0) is 24.7. The normalized spacial score (nSPS) is 22.1. The van der Waals surface area contributed by atoms with E-state index in [4.69, 9.17) is 0 Å². The maximum atomic E-state index is 13.7. The van der Waals surface area contributed by atoms with Crippen molar-refractivity contribution in [3.8, 4) is 11.4 Å². The lowest BCUT2D eigenvalue weighted by Crippen LogP contribution is -2.49. The number of alkyl halides is 3. The predicted octanol–water partition coefficient (Wildman–Crippen LogP) is 4.02. The summed E-state index contributed by atoms with van der Waals surface area (Å²) in [5, 5.41) is 14.3. The molecular weight excluding hydrogens is 461 g/mol. The zero-order valence-corrected chi connectivity index (χ0v) is 19.8. The molecule has 0 spiro atoms. The lowest BCUT2D eigenvalue weighted by Gasteiger charge is -2.39. The van der Waals surface area contributed by atoms with E-state index in [0.29, 0.717) is 36.1 Å². The molecule has 1 atom stereocenters. The summed E-state index contributed by atoms with van der Waals surface area (Å²) in [6, 6.07) is 6.22. The van der Waals surface area contributed by atoms with Gasteiger partial charge < -0.3 is 14.7 Å². The molecule has 35 heavy (non-hydrogen) atoms. The Morgan fingerprint density at radius 1 is 1.09 bits per heavy atom. The van der Waals surface area contributed by atoms with Crippen LogP contribution in [-0.4, -0.2) is 75.3 Å². The number of benzene rings is 1. The Morgan fingerprint density at radius 2 is 1.77 bits per heavy atom. The Balaban J connectivity index is 1.34. The third-order valence-corrected chi connectivity index (χ3v) is 7.44. The maximum absolute atomic E-state index is 13.7. The van der Waals surface area contributed by atoms with Crippen LogP contribution in [0, 0.1) is 6.92 Å². The van der Waals surface area contributed by atoms with Crippen LogP contribution in [0.4, 0.5) is 13.2 Å². The van der Waals surface area contributed by atoms with Gasteiger partial charge in [0.05, 0.1) is 29.2 Å². The SMILES string of the molecule is Cc1nn(-c2ccc(OC(F)(F)F)cc2)c(C2CC2)c1C(=O)N1CCC(N2CCCC2CO)CC1. The van der Waals surface area contributed by atoms with Crippen LogP contribution in [-0.2, 0) is 0 Å². The summed E-state index contributed by atoms with van der Waals surface area (Å²) in [5.41, 5.74) is 2.70. The number of aryl methyl sites for hydroxylation is 1. The summed E-state index contributed by atoms with van der Waals surface area (Å²) in [4.78, 5) is 18.0. The number of amides is 1. The highest BCUT2D eigenvalue weighted by molar-refractivity contribution is 5.97. The molecule has 10 heteroatoms. The van der Waals surface area contributed by atoms with Gasteiger partial charge in [-0.25, -0.2) is 4.68 Å². The lowest BCUT2D eigenvalue weighted by atomic mass is 10.0. The molecular formula is C25H31F3N4O3. The van der Waals surface area contributed by atoms with Gasteiger partial charge in [0.1, 0.15) is 5.75 Å². The first-order chi connectivity index (χ1) is 16.7. The van der Waals surface area contributed by atoms with Crippen molar-refractivity contribution < 1.29 is 27.8 Å². The lowest BCUT2D eigenvalue weighted by molar-refractivity contribution is -0.274. The number of aliphatic hydroxyl groups is 1. The van der Waals surface area contributed by atoms with Crippen LogP contribution in [0.15, 0.2) is 24.3 Å². The topological polar surface area (TPSA) is 70.8 Å². The second-order valence-corrected chi connectivity index (χ2v) is 9.81. The standard InChI is InChI=1S/C25H31F3N4O3/c1-16-22(24(34)30-13-10-18(11-14-30)31-12-2-3-20(31)15-33)23(17-4-5-17)32(29-16)19-6-8-21(9-7-19)35-25(26,27)28/h6-9,17-18,20,33H,2-5,10-15H2,1H3. The number of nitrogens with zero attached hydrogens (tertiary/aromatic N) is 4. The first-order valence-corrected chi connectivity index (χ1v) is 12.4. The quantitative estimate of drug-likeness (QED) is 0.660. The highest BCUT2D eigenvalue weighted by Crippen LogP contribution is 2.44. The maximum Gasteiger partial charge on any atom is 0.573 e. The Hall–Kier alpha value is -2.59. The minimum Gasteiger partial charge on any atom is -0.406 e. The van der Waals surface area contributed by atoms with Gasteiger partial charge in [-0.3, -0.25) is 9.69 Å². The summed E-state index contributed by atoms with van der Waals surface area (Å²) < 4.78 is 43.2. The van der Waals surface area contributed by atoms with Crippen LogP contribution in [0.1, 0.15) is 66.2 Å². The van der Waals surface area contributed by atoms with Gasteiger partial charge >= 0.3 is 6.36 Å². The fraction of sp³-hybridized carbons (Fsp3) is 0.600. The van der Waals surface area contributed by atoms with Gasteiger partial charge in [-0.2, -0.15) is 5.10 Å². The van der Waals surface area contributed by atoms with E-state index in [-0.39, 0.29) is 30.2 Å². The highest BCUT2D eigenvalue weighted by atomic mass is 19.4. The fourth-order valence-electron chi connectivity index (χ4n) is 5.62. The van der Waals surface area contributed by atoms with Crippen LogP contribution < -0.4 is 4.74 Å². The molecule has 2 saturated heterocycles. The molecule has 2 aromatic rings. The van der Waals surface area contributed by atoms with Gasteiger partial charge in [0.2, 0.25) is 0 Å². The molecule has 3 fully saturated rings. The molecule has 5 rings (SSSR count). The number of carbonyl (C=O) groups is 1. The largest absolute Gasteiger partial charge is 0.573 e. The molecule has 2 aliphatic heterocycles. The van der Waals surface area contributed by atoms with Crippen molar-refractivity contribution in [3.05, 3.63) is 41.2 Å². The number of piperidine rings is 1. The number of ether oxygens (including phenoxy) is 1. The van der Waals surface area contributed by atoms with E-state index in [2.05, 4.69) is 14.7 Å². The molecule has 1 aromatic heterocycles. The van der Waals surface area contributed by atoms with Crippen molar-refractivity contribution in [1.29, 1.82) is 0 Å². The second-order valence-electron chi connectivity index (χ2n) is 9.81. The Labute approximate surface area is 202 Å². The van der Waals surface area contributed by atoms with Crippen LogP contribution in [0.2, 0.25) is 0 Å². The predicted molar refractivity (Wildman–Crippen MR) is 123 cm³/mol. The van der Waals surface area contributed by atoms with Gasteiger partial charge in [0.15, 0.2) is 0 Å². The first kappa shape index (κ1) is 24.1. The smallest absolute Gasteiger partial charge is 0.406 e. The molecule has 1 aliphatic carbocycles. The third kappa shape index (κ3) is 5.04. The monoisotopic (exact) mass is 492 g/mol. The summed E-state index contributed by atoms with van der Waals surface area (Å²) in [6.45, 7) is 4.34. The summed E-state index contributed by atoms with van der Waals surface area (Å²) in [5.74, 6) is -0.0985. The average molecular weight is 493 g/mol. The van der Waals surface area contributed by atoms with E-state index in [1.807, 2.05) is 11.8 Å². The number of hydrogen-bond donors (Lipinski definition) is 1. The number of hydrogen-bond acceptors (Lipinski definition) is 5. The van der Waals surface area contributed by atoms with Crippen LogP contribution >= 0.6 is 0 Å². The zero-order valence-electron chi connectivity index (χ0n) is 19.8. The molecule has 1 N–H and O–H groups in total. The summed E-state index contributed by atoms with van der Waals surface area (Å²) in [6.07, 6.45) is 1.08. The summed E-state index contributed by atoms with van der Waals surface area (Å²) in [7, 11) is 0. The van der Waals surface area contributed by atoms with Crippen molar-refractivity contribution >= 4 is 5.91 Å². The highest BCUT2D eigenvalue weighted by Gasteiger charge is 2.38. The first-order valence-electron chi connectivity index (χ1n) is 12.4. The molecule has 1 saturated carbocycles. The van der Waals surface area contributed by atoms with Gasteiger partial charge in [-0.1, -0.05) is 0 Å². The minimum absolute atomic E-state index is 0.0220. The number of rotatable bonds is 6. The fourth-order valence-corrected chi connectivity index (χ4v) is 5.62. The van der Waals surface area contributed by atoms with E-state index >= 15 is 0 Å². The molecule has 7 nitrogen and oxygen atoms in total. The van der Waals surface area contributed by atoms with Gasteiger partial charge in [0, 0.05) is 31.1 Å². The number of carbonyl (C=O) groups excluding carboxylic acids is 1. The van der Waals surface area contributed by atoms with E-state index < -0.39 is 6.36 Å². The van der Waals surface area contributed by atoms with Crippen LogP contribution in [0.3, 0.4) is 0 Å². The minimum atomic E-state index is -4.75. The van der Waals surface area contributed by atoms with Crippen LogP contribution in [0.25, 0.3) is 5.69 Å². The van der Waals surface area contributed by atoms with Crippen molar-refractivity contribution in [2.75, 3.05) is 26.2 Å². The molecule has 1 amide bonds. The number of aliphatic hydroxyl groups excluding tert-OH is 1. The molecule has 1 aromatic carbocycles. The second kappa shape index (κ2) is 9.46. The van der Waals surface area contributed by atoms with Gasteiger partial charge in [-0.15, -0.1) is 13.2 Å². The Morgan fingerprint density at radius 3 is 2.37 bits per heavy atom. The van der Waals surface area contributed by atoms with Crippen molar-refractivity contribution in [3.63, 3.8) is 0 Å². The van der Waals surface area contributed by atoms with E-state index in [9.17, 15) is 23.1 Å².